The molecule has 0 radical (unpaired) electrons. The molecule has 2 aliphatic carbocycles. The molecule has 156 valence electrons. The highest BCUT2D eigenvalue weighted by molar-refractivity contribution is 7.15. The Morgan fingerprint density at radius 2 is 2.17 bits per heavy atom. The van der Waals surface area contributed by atoms with Crippen molar-refractivity contribution in [3.8, 4) is 0 Å². The van der Waals surface area contributed by atoms with Crippen LogP contribution in [0.3, 0.4) is 0 Å². The van der Waals surface area contributed by atoms with Crippen LogP contribution in [-0.4, -0.2) is 34.3 Å². The van der Waals surface area contributed by atoms with E-state index < -0.39 is 17.5 Å². The largest absolute Gasteiger partial charge is 0.325 e. The van der Waals surface area contributed by atoms with Gasteiger partial charge < -0.3 is 10.6 Å². The van der Waals surface area contributed by atoms with Gasteiger partial charge in [0, 0.05) is 4.88 Å². The number of rotatable bonds is 3. The van der Waals surface area contributed by atoms with E-state index in [1.165, 1.54) is 16.2 Å². The van der Waals surface area contributed by atoms with Gasteiger partial charge in [-0.25, -0.2) is 9.78 Å². The number of nitrogens with one attached hydrogen (secondary N) is 2. The Hall–Kier alpha value is -2.74. The van der Waals surface area contributed by atoms with Crippen molar-refractivity contribution in [2.45, 2.75) is 51.0 Å². The van der Waals surface area contributed by atoms with Crippen molar-refractivity contribution < 1.29 is 14.4 Å². The predicted molar refractivity (Wildman–Crippen MR) is 113 cm³/mol. The van der Waals surface area contributed by atoms with Gasteiger partial charge in [-0.15, -0.1) is 11.3 Å². The van der Waals surface area contributed by atoms with Crippen LogP contribution in [0.25, 0.3) is 0 Å². The summed E-state index contributed by atoms with van der Waals surface area (Å²) in [5, 5.41) is 6.22. The zero-order chi connectivity index (χ0) is 20.9. The van der Waals surface area contributed by atoms with E-state index in [1.807, 2.05) is 24.3 Å². The quantitative estimate of drug-likeness (QED) is 0.741. The number of aromatic nitrogens is 1. The van der Waals surface area contributed by atoms with Crippen molar-refractivity contribution in [3.05, 3.63) is 46.0 Å². The van der Waals surface area contributed by atoms with Gasteiger partial charge in [-0.3, -0.25) is 14.5 Å². The first kappa shape index (κ1) is 19.2. The maximum absolute atomic E-state index is 13.3. The van der Waals surface area contributed by atoms with Crippen LogP contribution in [-0.2, 0) is 34.4 Å². The summed E-state index contributed by atoms with van der Waals surface area (Å²) in [5.74, 6) is -0.122. The number of amides is 4. The zero-order valence-electron chi connectivity index (χ0n) is 16.9. The second-order valence-corrected chi connectivity index (χ2v) is 9.61. The highest BCUT2D eigenvalue weighted by atomic mass is 32.1. The van der Waals surface area contributed by atoms with Crippen LogP contribution < -0.4 is 10.6 Å². The minimum Gasteiger partial charge on any atom is -0.319 e. The van der Waals surface area contributed by atoms with Gasteiger partial charge in [-0.2, -0.15) is 0 Å². The lowest BCUT2D eigenvalue weighted by Crippen LogP contribution is -2.47. The fourth-order valence-electron chi connectivity index (χ4n) is 4.85. The number of urea groups is 1. The van der Waals surface area contributed by atoms with Crippen LogP contribution in [0.1, 0.15) is 47.9 Å². The summed E-state index contributed by atoms with van der Waals surface area (Å²) >= 11 is 1.49. The standard InChI is InChI=1S/C22H24N4O3S/c1-13-8-9-16-17(11-13)30-20(23-16)24-18(27)12-26-19(28)22(25-21(26)29)10-4-6-14-5-2-3-7-15(14)22/h2-3,5,7,13H,4,6,8-12H2,1H3,(H,25,29)(H,23,24,27)/t13-,22+/m0/s1. The van der Waals surface area contributed by atoms with Crippen molar-refractivity contribution in [3.63, 3.8) is 0 Å². The number of hydrogen-bond acceptors (Lipinski definition) is 5. The summed E-state index contributed by atoms with van der Waals surface area (Å²) in [6.45, 7) is 1.91. The Morgan fingerprint density at radius 1 is 1.33 bits per heavy atom. The number of fused-ring (bicyclic) bond motifs is 3. The predicted octanol–water partition coefficient (Wildman–Crippen LogP) is 2.99. The summed E-state index contributed by atoms with van der Waals surface area (Å²) in [7, 11) is 0. The minimum atomic E-state index is -1.05. The Balaban J connectivity index is 1.32. The molecule has 8 heteroatoms. The maximum atomic E-state index is 13.3. The molecule has 1 saturated heterocycles. The first-order valence-electron chi connectivity index (χ1n) is 10.5. The van der Waals surface area contributed by atoms with E-state index in [9.17, 15) is 14.4 Å². The molecule has 2 heterocycles. The van der Waals surface area contributed by atoms with Crippen LogP contribution in [0, 0.1) is 5.92 Å². The van der Waals surface area contributed by atoms with Crippen molar-refractivity contribution in [1.82, 2.24) is 15.2 Å². The van der Waals surface area contributed by atoms with E-state index in [4.69, 9.17) is 0 Å². The summed E-state index contributed by atoms with van der Waals surface area (Å²) in [5.41, 5.74) is 1.93. The molecule has 1 aromatic heterocycles. The van der Waals surface area contributed by atoms with E-state index in [0.717, 1.165) is 53.8 Å². The Kier molecular flexibility index (Phi) is 4.61. The third-order valence-corrected chi connectivity index (χ3v) is 7.42. The topological polar surface area (TPSA) is 91.4 Å². The van der Waals surface area contributed by atoms with E-state index in [0.29, 0.717) is 17.5 Å². The summed E-state index contributed by atoms with van der Waals surface area (Å²) in [6.07, 6.45) is 5.26. The molecular formula is C22H24N4O3S. The zero-order valence-corrected chi connectivity index (χ0v) is 17.7. The van der Waals surface area contributed by atoms with Gasteiger partial charge >= 0.3 is 6.03 Å². The molecule has 3 aliphatic rings. The molecule has 30 heavy (non-hydrogen) atoms. The molecule has 1 fully saturated rings. The van der Waals surface area contributed by atoms with Crippen LogP contribution in [0.15, 0.2) is 24.3 Å². The van der Waals surface area contributed by atoms with Crippen LogP contribution >= 0.6 is 11.3 Å². The number of imide groups is 1. The molecule has 0 unspecified atom stereocenters. The number of anilines is 1. The summed E-state index contributed by atoms with van der Waals surface area (Å²) in [4.78, 5) is 45.4. The van der Waals surface area contributed by atoms with E-state index in [1.54, 1.807) is 0 Å². The number of carbonyl (C=O) groups excluding carboxylic acids is 3. The van der Waals surface area contributed by atoms with Gasteiger partial charge in [0.25, 0.3) is 5.91 Å². The van der Waals surface area contributed by atoms with Crippen molar-refractivity contribution >= 4 is 34.3 Å². The van der Waals surface area contributed by atoms with Crippen LogP contribution in [0.5, 0.6) is 0 Å². The molecule has 1 spiro atoms. The van der Waals surface area contributed by atoms with E-state index >= 15 is 0 Å². The van der Waals surface area contributed by atoms with Gasteiger partial charge in [-0.1, -0.05) is 31.2 Å². The van der Waals surface area contributed by atoms with E-state index in [2.05, 4.69) is 22.5 Å². The average molecular weight is 425 g/mol. The number of nitrogens with zero attached hydrogens (tertiary/aromatic N) is 2. The molecule has 2 N–H and O–H groups in total. The number of thiazole rings is 1. The lowest BCUT2D eigenvalue weighted by atomic mass is 9.76. The molecule has 0 bridgehead atoms. The van der Waals surface area contributed by atoms with Gasteiger partial charge in [0.1, 0.15) is 12.1 Å². The molecular weight excluding hydrogens is 400 g/mol. The molecule has 5 rings (SSSR count). The maximum Gasteiger partial charge on any atom is 0.325 e. The first-order chi connectivity index (χ1) is 14.5. The Morgan fingerprint density at radius 3 is 3.03 bits per heavy atom. The highest BCUT2D eigenvalue weighted by Gasteiger charge is 2.54. The monoisotopic (exact) mass is 424 g/mol. The number of hydrogen-bond donors (Lipinski definition) is 2. The SMILES string of the molecule is C[C@H]1CCc2nc(NC(=O)CN3C(=O)N[C@@]4(CCCc5ccccc54)C3=O)sc2C1. The van der Waals surface area contributed by atoms with Crippen LogP contribution in [0.2, 0.25) is 0 Å². The fraction of sp³-hybridized carbons (Fsp3) is 0.455. The first-order valence-corrected chi connectivity index (χ1v) is 11.3. The molecule has 1 aromatic carbocycles. The highest BCUT2D eigenvalue weighted by Crippen LogP contribution is 2.40. The molecule has 7 nitrogen and oxygen atoms in total. The second-order valence-electron chi connectivity index (χ2n) is 8.52. The second kappa shape index (κ2) is 7.19. The number of aryl methyl sites for hydroxylation is 2. The molecule has 4 amide bonds. The third kappa shape index (κ3) is 3.10. The van der Waals surface area contributed by atoms with Gasteiger partial charge in [-0.05, 0) is 55.6 Å². The van der Waals surface area contributed by atoms with Gasteiger partial charge in [0.2, 0.25) is 5.91 Å². The van der Waals surface area contributed by atoms with Gasteiger partial charge in [0.05, 0.1) is 5.69 Å². The number of carbonyl (C=O) groups is 3. The van der Waals surface area contributed by atoms with Crippen molar-refractivity contribution in [2.24, 2.45) is 5.92 Å². The Bertz CT molecular complexity index is 1050. The Labute approximate surface area is 178 Å². The summed E-state index contributed by atoms with van der Waals surface area (Å²) < 4.78 is 0. The average Bonchev–Trinajstić information content (AvgIpc) is 3.22. The fourth-order valence-corrected chi connectivity index (χ4v) is 6.04. The van der Waals surface area contributed by atoms with E-state index in [-0.39, 0.29) is 12.5 Å². The molecule has 2 aromatic rings. The summed E-state index contributed by atoms with van der Waals surface area (Å²) in [6, 6.07) is 7.21. The molecule has 2 atom stereocenters. The van der Waals surface area contributed by atoms with Crippen LogP contribution in [0.4, 0.5) is 9.93 Å². The molecule has 1 aliphatic heterocycles. The van der Waals surface area contributed by atoms with Crippen molar-refractivity contribution in [2.75, 3.05) is 11.9 Å². The van der Waals surface area contributed by atoms with Gasteiger partial charge in [0.15, 0.2) is 5.13 Å². The third-order valence-electron chi connectivity index (χ3n) is 6.38. The lowest BCUT2D eigenvalue weighted by molar-refractivity contribution is -0.134. The van der Waals surface area contributed by atoms with Crippen molar-refractivity contribution in [1.29, 1.82) is 0 Å². The lowest BCUT2D eigenvalue weighted by Gasteiger charge is -2.33. The number of benzene rings is 1. The minimum absolute atomic E-state index is 0.310. The smallest absolute Gasteiger partial charge is 0.319 e. The molecule has 0 saturated carbocycles. The normalized spacial score (nSPS) is 25.1.